The van der Waals surface area contributed by atoms with E-state index in [-0.39, 0.29) is 5.70 Å². The maximum absolute atomic E-state index is 11.9. The van der Waals surface area contributed by atoms with Gasteiger partial charge in [0.15, 0.2) is 5.65 Å². The Bertz CT molecular complexity index is 1240. The van der Waals surface area contributed by atoms with Crippen molar-refractivity contribution in [3.8, 4) is 17.0 Å². The molecule has 1 saturated heterocycles. The van der Waals surface area contributed by atoms with E-state index < -0.39 is 11.9 Å². The standard InChI is InChI=1S/C22H20N6O3/c1-2-8-31-16-5-3-4-13(9-16)17-11-19(24-15-6-7-15)28-20(25-17)14(12-23-28)10-18-21(29)27-22(30)26-18/h2-5,9-12,15,24H,1,6-8H2,(H2,26,27,29,30)/b18-10-. The molecule has 3 aromatic rings. The second-order valence-corrected chi connectivity index (χ2v) is 7.37. The Hall–Kier alpha value is -4.14. The quantitative estimate of drug-likeness (QED) is 0.310. The maximum atomic E-state index is 11.9. The van der Waals surface area contributed by atoms with Gasteiger partial charge in [-0.1, -0.05) is 24.8 Å². The van der Waals surface area contributed by atoms with Crippen LogP contribution in [-0.2, 0) is 4.79 Å². The SMILES string of the molecule is C=CCOc1cccc(-c2cc(NC3CC3)n3ncc(/C=C4\NC(=O)NC4=O)c3n2)c1. The zero-order valence-corrected chi connectivity index (χ0v) is 16.6. The lowest BCUT2D eigenvalue weighted by atomic mass is 10.1. The first kappa shape index (κ1) is 18.9. The number of nitrogens with zero attached hydrogens (tertiary/aromatic N) is 3. The minimum Gasteiger partial charge on any atom is -0.490 e. The zero-order valence-electron chi connectivity index (χ0n) is 16.6. The minimum absolute atomic E-state index is 0.156. The summed E-state index contributed by atoms with van der Waals surface area (Å²) in [4.78, 5) is 28.2. The van der Waals surface area contributed by atoms with Gasteiger partial charge < -0.3 is 15.4 Å². The number of hydrogen-bond donors (Lipinski definition) is 3. The first-order valence-electron chi connectivity index (χ1n) is 9.94. The number of imide groups is 1. The van der Waals surface area contributed by atoms with Crippen LogP contribution in [0.15, 0.2) is 54.9 Å². The number of fused-ring (bicyclic) bond motifs is 1. The van der Waals surface area contributed by atoms with E-state index in [1.54, 1.807) is 22.9 Å². The van der Waals surface area contributed by atoms with Gasteiger partial charge in [-0.25, -0.2) is 9.78 Å². The first-order chi connectivity index (χ1) is 15.1. The summed E-state index contributed by atoms with van der Waals surface area (Å²) in [6, 6.07) is 9.48. The molecular weight excluding hydrogens is 396 g/mol. The molecule has 3 amide bonds. The molecule has 156 valence electrons. The second-order valence-electron chi connectivity index (χ2n) is 7.37. The summed E-state index contributed by atoms with van der Waals surface area (Å²) >= 11 is 0. The number of urea groups is 1. The van der Waals surface area contributed by atoms with Crippen molar-refractivity contribution in [2.24, 2.45) is 0 Å². The fourth-order valence-electron chi connectivity index (χ4n) is 3.31. The van der Waals surface area contributed by atoms with Gasteiger partial charge in [-0.3, -0.25) is 10.1 Å². The largest absolute Gasteiger partial charge is 0.490 e. The van der Waals surface area contributed by atoms with Crippen LogP contribution in [-0.4, -0.2) is 39.2 Å². The van der Waals surface area contributed by atoms with Gasteiger partial charge in [0, 0.05) is 23.2 Å². The van der Waals surface area contributed by atoms with Gasteiger partial charge in [0.2, 0.25) is 0 Å². The predicted octanol–water partition coefficient (Wildman–Crippen LogP) is 2.72. The van der Waals surface area contributed by atoms with E-state index in [2.05, 4.69) is 27.6 Å². The van der Waals surface area contributed by atoms with Crippen LogP contribution in [0.4, 0.5) is 10.6 Å². The Morgan fingerprint density at radius 2 is 2.13 bits per heavy atom. The van der Waals surface area contributed by atoms with Crippen molar-refractivity contribution in [2.75, 3.05) is 11.9 Å². The molecule has 0 unspecified atom stereocenters. The van der Waals surface area contributed by atoms with Gasteiger partial charge >= 0.3 is 6.03 Å². The van der Waals surface area contributed by atoms with Gasteiger partial charge in [0.05, 0.1) is 11.9 Å². The third-order valence-electron chi connectivity index (χ3n) is 4.95. The van der Waals surface area contributed by atoms with Crippen LogP contribution >= 0.6 is 0 Å². The molecule has 2 aliphatic rings. The number of carbonyl (C=O) groups is 2. The summed E-state index contributed by atoms with van der Waals surface area (Å²) < 4.78 is 7.36. The smallest absolute Gasteiger partial charge is 0.326 e. The molecular formula is C22H20N6O3. The number of aromatic nitrogens is 3. The minimum atomic E-state index is -0.547. The van der Waals surface area contributed by atoms with Crippen molar-refractivity contribution < 1.29 is 14.3 Å². The van der Waals surface area contributed by atoms with Crippen LogP contribution in [0.25, 0.3) is 23.0 Å². The summed E-state index contributed by atoms with van der Waals surface area (Å²) in [5.74, 6) is 1.05. The van der Waals surface area contributed by atoms with Crippen LogP contribution in [0.3, 0.4) is 0 Å². The Kier molecular flexibility index (Phi) is 4.62. The van der Waals surface area contributed by atoms with Crippen LogP contribution in [0.2, 0.25) is 0 Å². The topological polar surface area (TPSA) is 110 Å². The van der Waals surface area contributed by atoms with Gasteiger partial charge in [-0.15, -0.1) is 0 Å². The number of carbonyl (C=O) groups excluding carboxylic acids is 2. The van der Waals surface area contributed by atoms with E-state index in [0.29, 0.717) is 23.9 Å². The molecule has 1 aliphatic carbocycles. The highest BCUT2D eigenvalue weighted by Gasteiger charge is 2.25. The molecule has 9 nitrogen and oxygen atoms in total. The molecule has 0 atom stereocenters. The van der Waals surface area contributed by atoms with Crippen molar-refractivity contribution in [3.05, 3.63) is 60.4 Å². The number of rotatable bonds is 7. The van der Waals surface area contributed by atoms with E-state index >= 15 is 0 Å². The third kappa shape index (κ3) is 3.85. The third-order valence-corrected chi connectivity index (χ3v) is 4.95. The molecule has 31 heavy (non-hydrogen) atoms. The Morgan fingerprint density at radius 3 is 2.87 bits per heavy atom. The lowest BCUT2D eigenvalue weighted by Gasteiger charge is -2.11. The van der Waals surface area contributed by atoms with E-state index in [4.69, 9.17) is 9.72 Å². The molecule has 5 rings (SSSR count). The van der Waals surface area contributed by atoms with Crippen LogP contribution in [0.1, 0.15) is 18.4 Å². The molecule has 0 radical (unpaired) electrons. The molecule has 1 aliphatic heterocycles. The zero-order chi connectivity index (χ0) is 21.4. The Morgan fingerprint density at radius 1 is 1.26 bits per heavy atom. The molecule has 3 heterocycles. The maximum Gasteiger partial charge on any atom is 0.326 e. The number of benzene rings is 1. The van der Waals surface area contributed by atoms with Crippen molar-refractivity contribution in [3.63, 3.8) is 0 Å². The lowest BCUT2D eigenvalue weighted by Crippen LogP contribution is -2.22. The van der Waals surface area contributed by atoms with Crippen molar-refractivity contribution in [1.29, 1.82) is 0 Å². The fraction of sp³-hybridized carbons (Fsp3) is 0.182. The summed E-state index contributed by atoms with van der Waals surface area (Å²) in [6.45, 7) is 4.09. The summed E-state index contributed by atoms with van der Waals surface area (Å²) in [5, 5.41) is 12.6. The van der Waals surface area contributed by atoms with Crippen LogP contribution in [0, 0.1) is 0 Å². The van der Waals surface area contributed by atoms with Crippen molar-refractivity contribution in [1.82, 2.24) is 25.2 Å². The summed E-state index contributed by atoms with van der Waals surface area (Å²) in [7, 11) is 0. The van der Waals surface area contributed by atoms with E-state index in [9.17, 15) is 9.59 Å². The lowest BCUT2D eigenvalue weighted by molar-refractivity contribution is -0.115. The van der Waals surface area contributed by atoms with Gasteiger partial charge in [-0.2, -0.15) is 9.61 Å². The molecule has 9 heteroatoms. The van der Waals surface area contributed by atoms with Gasteiger partial charge in [-0.05, 0) is 31.1 Å². The molecule has 3 N–H and O–H groups in total. The molecule has 2 aromatic heterocycles. The molecule has 0 bridgehead atoms. The van der Waals surface area contributed by atoms with Crippen molar-refractivity contribution in [2.45, 2.75) is 18.9 Å². The second kappa shape index (κ2) is 7.60. The Labute approximate surface area is 177 Å². The average molecular weight is 416 g/mol. The molecule has 1 saturated carbocycles. The molecule has 0 spiro atoms. The highest BCUT2D eigenvalue weighted by atomic mass is 16.5. The fourth-order valence-corrected chi connectivity index (χ4v) is 3.31. The van der Waals surface area contributed by atoms with Crippen molar-refractivity contribution >= 4 is 29.5 Å². The summed E-state index contributed by atoms with van der Waals surface area (Å²) in [6.07, 6.45) is 7.10. The number of ether oxygens (including phenoxy) is 1. The predicted molar refractivity (Wildman–Crippen MR) is 115 cm³/mol. The van der Waals surface area contributed by atoms with Gasteiger partial charge in [0.1, 0.15) is 23.9 Å². The number of amides is 3. The van der Waals surface area contributed by atoms with Crippen LogP contribution in [0.5, 0.6) is 5.75 Å². The number of hydrogen-bond acceptors (Lipinski definition) is 6. The number of nitrogens with one attached hydrogen (secondary N) is 3. The monoisotopic (exact) mass is 416 g/mol. The highest BCUT2D eigenvalue weighted by Crippen LogP contribution is 2.30. The average Bonchev–Trinajstić information content (AvgIpc) is 3.40. The van der Waals surface area contributed by atoms with Gasteiger partial charge in [0.25, 0.3) is 5.91 Å². The summed E-state index contributed by atoms with van der Waals surface area (Å²) in [5.41, 5.74) is 2.96. The number of anilines is 1. The van der Waals surface area contributed by atoms with E-state index in [1.165, 1.54) is 0 Å². The molecule has 2 fully saturated rings. The highest BCUT2D eigenvalue weighted by molar-refractivity contribution is 6.14. The Balaban J connectivity index is 1.60. The first-order valence-corrected chi connectivity index (χ1v) is 9.94. The van der Waals surface area contributed by atoms with E-state index in [0.717, 1.165) is 35.7 Å². The molecule has 1 aromatic carbocycles. The van der Waals surface area contributed by atoms with Crippen LogP contribution < -0.4 is 20.7 Å². The normalized spacial score (nSPS) is 17.0. The van der Waals surface area contributed by atoms with E-state index in [1.807, 2.05) is 30.3 Å².